The summed E-state index contributed by atoms with van der Waals surface area (Å²) in [5.41, 5.74) is 0. The van der Waals surface area contributed by atoms with Crippen LogP contribution in [0.2, 0.25) is 0 Å². The third kappa shape index (κ3) is 4.91. The Morgan fingerprint density at radius 2 is 2.25 bits per heavy atom. The van der Waals surface area contributed by atoms with Gasteiger partial charge in [-0.3, -0.25) is 4.79 Å². The van der Waals surface area contributed by atoms with Gasteiger partial charge in [0, 0.05) is 13.1 Å². The molecule has 7 heteroatoms. The monoisotopic (exact) mass is 250 g/mol. The lowest BCUT2D eigenvalue weighted by Crippen LogP contribution is -2.40. The van der Waals surface area contributed by atoms with Crippen molar-refractivity contribution in [1.29, 1.82) is 0 Å². The van der Waals surface area contributed by atoms with Gasteiger partial charge in [-0.1, -0.05) is 0 Å². The largest absolute Gasteiger partial charge is 0.480 e. The van der Waals surface area contributed by atoms with Crippen molar-refractivity contribution >= 4 is 16.0 Å². The van der Waals surface area contributed by atoms with Crippen molar-refractivity contribution in [1.82, 2.24) is 9.62 Å². The van der Waals surface area contributed by atoms with E-state index in [0.29, 0.717) is 6.54 Å². The van der Waals surface area contributed by atoms with Gasteiger partial charge in [0.1, 0.15) is 0 Å². The van der Waals surface area contributed by atoms with E-state index >= 15 is 0 Å². The first-order valence-electron chi connectivity index (χ1n) is 5.27. The number of likely N-dealkylation sites (tertiary alicyclic amines) is 1. The van der Waals surface area contributed by atoms with Gasteiger partial charge in [0.05, 0.1) is 0 Å². The minimum Gasteiger partial charge on any atom is -0.480 e. The molecule has 1 aliphatic rings. The summed E-state index contributed by atoms with van der Waals surface area (Å²) in [6.07, 6.45) is 2.04. The third-order valence-electron chi connectivity index (χ3n) is 2.63. The lowest BCUT2D eigenvalue weighted by molar-refractivity contribution is -0.134. The van der Waals surface area contributed by atoms with Gasteiger partial charge < -0.3 is 10.0 Å². The van der Waals surface area contributed by atoms with Gasteiger partial charge in [-0.25, -0.2) is 13.1 Å². The fourth-order valence-corrected chi connectivity index (χ4v) is 2.82. The first-order chi connectivity index (χ1) is 7.39. The molecule has 0 bridgehead atoms. The first kappa shape index (κ1) is 13.4. The molecule has 1 heterocycles. The van der Waals surface area contributed by atoms with E-state index in [2.05, 4.69) is 9.62 Å². The predicted molar refractivity (Wildman–Crippen MR) is 59.6 cm³/mol. The Morgan fingerprint density at radius 3 is 2.81 bits per heavy atom. The van der Waals surface area contributed by atoms with E-state index in [4.69, 9.17) is 5.11 Å². The molecule has 1 atom stereocenters. The molecule has 94 valence electrons. The van der Waals surface area contributed by atoms with Crippen LogP contribution in [0.5, 0.6) is 0 Å². The normalized spacial score (nSPS) is 23.2. The van der Waals surface area contributed by atoms with Crippen molar-refractivity contribution in [2.24, 2.45) is 5.92 Å². The molecule has 0 aromatic carbocycles. The Hall–Kier alpha value is -0.660. The average Bonchev–Trinajstić information content (AvgIpc) is 2.13. The quantitative estimate of drug-likeness (QED) is 0.676. The molecule has 0 saturated carbocycles. The van der Waals surface area contributed by atoms with E-state index in [9.17, 15) is 13.2 Å². The molecule has 0 aromatic rings. The maximum atomic E-state index is 11.3. The van der Waals surface area contributed by atoms with Crippen LogP contribution in [0, 0.1) is 5.92 Å². The van der Waals surface area contributed by atoms with Gasteiger partial charge in [0.25, 0.3) is 0 Å². The molecule has 1 fully saturated rings. The van der Waals surface area contributed by atoms with Crippen molar-refractivity contribution in [3.8, 4) is 0 Å². The first-order valence-corrected chi connectivity index (χ1v) is 6.92. The number of hydrogen-bond acceptors (Lipinski definition) is 4. The number of piperidine rings is 1. The van der Waals surface area contributed by atoms with E-state index < -0.39 is 21.7 Å². The van der Waals surface area contributed by atoms with Crippen molar-refractivity contribution in [3.05, 3.63) is 0 Å². The number of rotatable bonds is 5. The summed E-state index contributed by atoms with van der Waals surface area (Å²) in [6.45, 7) is 2.23. The highest BCUT2D eigenvalue weighted by atomic mass is 32.2. The summed E-state index contributed by atoms with van der Waals surface area (Å²) in [5, 5.41) is 8.40. The number of carboxylic acids is 1. The molecule has 16 heavy (non-hydrogen) atoms. The molecule has 1 unspecified atom stereocenters. The Morgan fingerprint density at radius 1 is 1.56 bits per heavy atom. The highest BCUT2D eigenvalue weighted by molar-refractivity contribution is 7.90. The maximum Gasteiger partial charge on any atom is 0.320 e. The molecule has 0 aromatic heterocycles. The van der Waals surface area contributed by atoms with Crippen LogP contribution in [0.15, 0.2) is 0 Å². The third-order valence-corrected chi connectivity index (χ3v) is 3.86. The van der Waals surface area contributed by atoms with E-state index in [1.54, 1.807) is 0 Å². The van der Waals surface area contributed by atoms with Gasteiger partial charge in [-0.05, 0) is 32.4 Å². The lowest BCUT2D eigenvalue weighted by atomic mass is 9.99. The summed E-state index contributed by atoms with van der Waals surface area (Å²) >= 11 is 0. The summed E-state index contributed by atoms with van der Waals surface area (Å²) in [5.74, 6) is -1.90. The highest BCUT2D eigenvalue weighted by Gasteiger charge is 2.21. The van der Waals surface area contributed by atoms with Crippen LogP contribution in [-0.4, -0.2) is 56.8 Å². The molecule has 1 aliphatic heterocycles. The fraction of sp³-hybridized carbons (Fsp3) is 0.889. The Bertz CT molecular complexity index is 341. The van der Waals surface area contributed by atoms with Gasteiger partial charge in [0.2, 0.25) is 10.0 Å². The van der Waals surface area contributed by atoms with Gasteiger partial charge >= 0.3 is 5.97 Å². The summed E-state index contributed by atoms with van der Waals surface area (Å²) < 4.78 is 24.9. The van der Waals surface area contributed by atoms with Gasteiger partial charge in [0.15, 0.2) is 5.75 Å². The van der Waals surface area contributed by atoms with Crippen LogP contribution in [0.3, 0.4) is 0 Å². The molecule has 1 rings (SSSR count). The van der Waals surface area contributed by atoms with E-state index in [1.807, 2.05) is 7.05 Å². The number of sulfonamides is 1. The summed E-state index contributed by atoms with van der Waals surface area (Å²) in [6, 6.07) is 0. The van der Waals surface area contributed by atoms with Crippen LogP contribution < -0.4 is 4.72 Å². The van der Waals surface area contributed by atoms with Crippen molar-refractivity contribution in [2.45, 2.75) is 12.8 Å². The molecule has 1 saturated heterocycles. The molecule has 0 spiro atoms. The van der Waals surface area contributed by atoms with E-state index in [1.165, 1.54) is 0 Å². The predicted octanol–water partition coefficient (Wildman–Crippen LogP) is -0.668. The smallest absolute Gasteiger partial charge is 0.320 e. The second kappa shape index (κ2) is 5.60. The zero-order valence-electron chi connectivity index (χ0n) is 9.35. The van der Waals surface area contributed by atoms with Crippen LogP contribution >= 0.6 is 0 Å². The topological polar surface area (TPSA) is 86.7 Å². The second-order valence-electron chi connectivity index (χ2n) is 4.27. The summed E-state index contributed by atoms with van der Waals surface area (Å²) in [7, 11) is -1.67. The van der Waals surface area contributed by atoms with Crippen molar-refractivity contribution in [3.63, 3.8) is 0 Å². The standard InChI is InChI=1S/C9H18N2O4S/c1-11-4-2-3-8(6-11)5-10-16(14,15)7-9(12)13/h8,10H,2-7H2,1H3,(H,12,13). The molecule has 0 radical (unpaired) electrons. The summed E-state index contributed by atoms with van der Waals surface area (Å²) in [4.78, 5) is 12.4. The minimum absolute atomic E-state index is 0.280. The number of carbonyl (C=O) groups is 1. The lowest BCUT2D eigenvalue weighted by Gasteiger charge is -2.29. The zero-order valence-corrected chi connectivity index (χ0v) is 10.2. The molecule has 0 amide bonds. The molecular formula is C9H18N2O4S. The Kier molecular flexibility index (Phi) is 4.69. The van der Waals surface area contributed by atoms with Crippen LogP contribution in [0.25, 0.3) is 0 Å². The minimum atomic E-state index is -3.67. The highest BCUT2D eigenvalue weighted by Crippen LogP contribution is 2.14. The van der Waals surface area contributed by atoms with Gasteiger partial charge in [-0.15, -0.1) is 0 Å². The second-order valence-corrected chi connectivity index (χ2v) is 6.08. The van der Waals surface area contributed by atoms with Crippen LogP contribution in [0.1, 0.15) is 12.8 Å². The van der Waals surface area contributed by atoms with E-state index in [-0.39, 0.29) is 5.92 Å². The number of nitrogens with one attached hydrogen (secondary N) is 1. The average molecular weight is 250 g/mol. The van der Waals surface area contributed by atoms with Gasteiger partial charge in [-0.2, -0.15) is 0 Å². The molecule has 6 nitrogen and oxygen atoms in total. The molecular weight excluding hydrogens is 232 g/mol. The Labute approximate surface area is 95.7 Å². The number of hydrogen-bond donors (Lipinski definition) is 2. The van der Waals surface area contributed by atoms with Crippen LogP contribution in [-0.2, 0) is 14.8 Å². The zero-order chi connectivity index (χ0) is 12.2. The van der Waals surface area contributed by atoms with Crippen molar-refractivity contribution in [2.75, 3.05) is 32.4 Å². The molecule has 2 N–H and O–H groups in total. The number of aliphatic carboxylic acids is 1. The van der Waals surface area contributed by atoms with Crippen molar-refractivity contribution < 1.29 is 18.3 Å². The fourth-order valence-electron chi connectivity index (χ4n) is 1.90. The van der Waals surface area contributed by atoms with Crippen LogP contribution in [0.4, 0.5) is 0 Å². The molecule has 0 aliphatic carbocycles. The number of carboxylic acid groups (broad SMARTS) is 1. The number of nitrogens with zero attached hydrogens (tertiary/aromatic N) is 1. The Balaban J connectivity index is 2.36. The SMILES string of the molecule is CN1CCCC(CNS(=O)(=O)CC(=O)O)C1. The maximum absolute atomic E-state index is 11.3. The van der Waals surface area contributed by atoms with E-state index in [0.717, 1.165) is 25.9 Å².